The number of rotatable bonds is 2. The number of benzene rings is 2. The van der Waals surface area contributed by atoms with Crippen LogP contribution in [-0.4, -0.2) is 5.91 Å². The number of carbonyl (C=O) groups excluding carboxylic acids is 1. The Morgan fingerprint density at radius 1 is 1.05 bits per heavy atom. The van der Waals surface area contributed by atoms with E-state index in [1.807, 2.05) is 12.1 Å². The number of amides is 1. The zero-order chi connectivity index (χ0) is 14.1. The van der Waals surface area contributed by atoms with E-state index in [4.69, 9.17) is 5.73 Å². The van der Waals surface area contributed by atoms with E-state index >= 15 is 0 Å². The van der Waals surface area contributed by atoms with Crippen LogP contribution in [0.2, 0.25) is 0 Å². The van der Waals surface area contributed by atoms with Crippen molar-refractivity contribution >= 4 is 11.6 Å². The lowest BCUT2D eigenvalue weighted by atomic mass is 9.94. The standard InChI is InChI=1S/C17H18N2O/c1-11-2-4-12(5-3-11)17(18)14-6-8-15-13(10-14)7-9-16(20)19-15/h2-6,8,10,17H,7,9,18H2,1H3,(H,19,20). The zero-order valence-corrected chi connectivity index (χ0v) is 11.5. The Kier molecular flexibility index (Phi) is 3.28. The molecule has 2 aromatic rings. The van der Waals surface area contributed by atoms with Crippen molar-refractivity contribution in [3.63, 3.8) is 0 Å². The second-order valence-electron chi connectivity index (χ2n) is 5.35. The van der Waals surface area contributed by atoms with E-state index in [9.17, 15) is 4.79 Å². The third-order valence-corrected chi connectivity index (χ3v) is 3.82. The SMILES string of the molecule is Cc1ccc(C(N)c2ccc3c(c2)CCC(=O)N3)cc1. The second kappa shape index (κ2) is 5.10. The monoisotopic (exact) mass is 266 g/mol. The molecule has 3 N–H and O–H groups in total. The van der Waals surface area contributed by atoms with Crippen LogP contribution in [0.25, 0.3) is 0 Å². The first-order valence-corrected chi connectivity index (χ1v) is 6.88. The van der Waals surface area contributed by atoms with Crippen LogP contribution in [0.4, 0.5) is 5.69 Å². The van der Waals surface area contributed by atoms with Gasteiger partial charge < -0.3 is 11.1 Å². The maximum absolute atomic E-state index is 11.4. The summed E-state index contributed by atoms with van der Waals surface area (Å²) in [5, 5.41) is 2.89. The summed E-state index contributed by atoms with van der Waals surface area (Å²) in [6.45, 7) is 2.07. The van der Waals surface area contributed by atoms with Crippen LogP contribution in [0.3, 0.4) is 0 Å². The van der Waals surface area contributed by atoms with Gasteiger partial charge in [0.1, 0.15) is 0 Å². The topological polar surface area (TPSA) is 55.1 Å². The van der Waals surface area contributed by atoms with Gasteiger partial charge in [0, 0.05) is 12.1 Å². The average Bonchev–Trinajstić information content (AvgIpc) is 2.47. The highest BCUT2D eigenvalue weighted by atomic mass is 16.1. The minimum atomic E-state index is -0.126. The van der Waals surface area contributed by atoms with Crippen LogP contribution in [0.15, 0.2) is 42.5 Å². The molecule has 0 fully saturated rings. The van der Waals surface area contributed by atoms with E-state index in [-0.39, 0.29) is 11.9 Å². The molecule has 0 radical (unpaired) electrons. The molecule has 1 unspecified atom stereocenters. The Balaban J connectivity index is 1.90. The summed E-state index contributed by atoms with van der Waals surface area (Å²) in [4.78, 5) is 11.4. The molecule has 0 aliphatic carbocycles. The maximum atomic E-state index is 11.4. The molecule has 1 heterocycles. The van der Waals surface area contributed by atoms with E-state index in [0.717, 1.165) is 23.2 Å². The molecule has 3 rings (SSSR count). The zero-order valence-electron chi connectivity index (χ0n) is 11.5. The van der Waals surface area contributed by atoms with Crippen molar-refractivity contribution in [3.05, 3.63) is 64.7 Å². The lowest BCUT2D eigenvalue weighted by molar-refractivity contribution is -0.116. The highest BCUT2D eigenvalue weighted by Gasteiger charge is 2.17. The Morgan fingerprint density at radius 3 is 2.50 bits per heavy atom. The van der Waals surface area contributed by atoms with Crippen molar-refractivity contribution < 1.29 is 4.79 Å². The summed E-state index contributed by atoms with van der Waals surface area (Å²) in [5.41, 5.74) is 11.9. The van der Waals surface area contributed by atoms with Crippen LogP contribution in [0.5, 0.6) is 0 Å². The largest absolute Gasteiger partial charge is 0.326 e. The third-order valence-electron chi connectivity index (χ3n) is 3.82. The first-order valence-electron chi connectivity index (χ1n) is 6.88. The number of carbonyl (C=O) groups is 1. The summed E-state index contributed by atoms with van der Waals surface area (Å²) in [6, 6.07) is 14.2. The molecule has 3 nitrogen and oxygen atoms in total. The molecule has 1 aliphatic rings. The van der Waals surface area contributed by atoms with E-state index in [2.05, 4.69) is 42.6 Å². The summed E-state index contributed by atoms with van der Waals surface area (Å²) >= 11 is 0. The Hall–Kier alpha value is -2.13. The number of fused-ring (bicyclic) bond motifs is 1. The lowest BCUT2D eigenvalue weighted by Crippen LogP contribution is -2.20. The highest BCUT2D eigenvalue weighted by Crippen LogP contribution is 2.28. The van der Waals surface area contributed by atoms with Crippen LogP contribution in [0.1, 0.15) is 34.7 Å². The van der Waals surface area contributed by atoms with Crippen LogP contribution >= 0.6 is 0 Å². The summed E-state index contributed by atoms with van der Waals surface area (Å²) in [6.07, 6.45) is 1.34. The van der Waals surface area contributed by atoms with Gasteiger partial charge in [-0.25, -0.2) is 0 Å². The van der Waals surface area contributed by atoms with E-state index in [1.165, 1.54) is 11.1 Å². The molecular formula is C17H18N2O. The van der Waals surface area contributed by atoms with Gasteiger partial charge in [0.15, 0.2) is 0 Å². The van der Waals surface area contributed by atoms with E-state index in [1.54, 1.807) is 0 Å². The van der Waals surface area contributed by atoms with Gasteiger partial charge in [0.25, 0.3) is 0 Å². The minimum Gasteiger partial charge on any atom is -0.326 e. The van der Waals surface area contributed by atoms with Gasteiger partial charge in [-0.15, -0.1) is 0 Å². The highest BCUT2D eigenvalue weighted by molar-refractivity contribution is 5.93. The van der Waals surface area contributed by atoms with Crippen molar-refractivity contribution in [1.29, 1.82) is 0 Å². The Labute approximate surface area is 118 Å². The van der Waals surface area contributed by atoms with Gasteiger partial charge in [-0.2, -0.15) is 0 Å². The average molecular weight is 266 g/mol. The van der Waals surface area contributed by atoms with Gasteiger partial charge in [-0.3, -0.25) is 4.79 Å². The van der Waals surface area contributed by atoms with Crippen LogP contribution in [-0.2, 0) is 11.2 Å². The van der Waals surface area contributed by atoms with Crippen molar-refractivity contribution in [2.24, 2.45) is 5.73 Å². The molecule has 3 heteroatoms. The first-order chi connectivity index (χ1) is 9.63. The molecule has 0 saturated carbocycles. The van der Waals surface area contributed by atoms with E-state index in [0.29, 0.717) is 6.42 Å². The number of hydrogen-bond donors (Lipinski definition) is 2. The molecule has 1 aliphatic heterocycles. The van der Waals surface area contributed by atoms with Crippen molar-refractivity contribution in [2.45, 2.75) is 25.8 Å². The first kappa shape index (κ1) is 12.9. The fourth-order valence-corrected chi connectivity index (χ4v) is 2.56. The van der Waals surface area contributed by atoms with Gasteiger partial charge in [-0.05, 0) is 36.1 Å². The third kappa shape index (κ3) is 2.45. The van der Waals surface area contributed by atoms with Crippen molar-refractivity contribution in [1.82, 2.24) is 0 Å². The molecule has 0 spiro atoms. The summed E-state index contributed by atoms with van der Waals surface area (Å²) in [5.74, 6) is 0.0908. The molecule has 2 aromatic carbocycles. The number of hydrogen-bond acceptors (Lipinski definition) is 2. The molecule has 20 heavy (non-hydrogen) atoms. The molecule has 1 amide bonds. The molecule has 0 aromatic heterocycles. The molecule has 1 atom stereocenters. The number of aryl methyl sites for hydroxylation is 2. The van der Waals surface area contributed by atoms with Crippen LogP contribution in [0, 0.1) is 6.92 Å². The normalized spacial score (nSPS) is 15.4. The molecule has 102 valence electrons. The number of anilines is 1. The minimum absolute atomic E-state index is 0.0908. The van der Waals surface area contributed by atoms with Gasteiger partial charge in [0.05, 0.1) is 6.04 Å². The summed E-state index contributed by atoms with van der Waals surface area (Å²) < 4.78 is 0. The van der Waals surface area contributed by atoms with Gasteiger partial charge >= 0.3 is 0 Å². The van der Waals surface area contributed by atoms with E-state index < -0.39 is 0 Å². The summed E-state index contributed by atoms with van der Waals surface area (Å²) in [7, 11) is 0. The fourth-order valence-electron chi connectivity index (χ4n) is 2.56. The number of nitrogens with two attached hydrogens (primary N) is 1. The van der Waals surface area contributed by atoms with Crippen molar-refractivity contribution in [2.75, 3.05) is 5.32 Å². The van der Waals surface area contributed by atoms with Gasteiger partial charge in [-0.1, -0.05) is 42.0 Å². The quantitative estimate of drug-likeness (QED) is 0.878. The maximum Gasteiger partial charge on any atom is 0.224 e. The molecule has 0 saturated heterocycles. The Bertz CT molecular complexity index is 647. The smallest absolute Gasteiger partial charge is 0.224 e. The fraction of sp³-hybridized carbons (Fsp3) is 0.235. The van der Waals surface area contributed by atoms with Crippen LogP contribution < -0.4 is 11.1 Å². The predicted molar refractivity (Wildman–Crippen MR) is 80.6 cm³/mol. The predicted octanol–water partition coefficient (Wildman–Crippen LogP) is 2.93. The Morgan fingerprint density at radius 2 is 1.75 bits per heavy atom. The van der Waals surface area contributed by atoms with Crippen molar-refractivity contribution in [3.8, 4) is 0 Å². The van der Waals surface area contributed by atoms with Gasteiger partial charge in [0.2, 0.25) is 5.91 Å². The second-order valence-corrected chi connectivity index (χ2v) is 5.35. The molecule has 0 bridgehead atoms. The lowest BCUT2D eigenvalue weighted by Gasteiger charge is -2.20. The molecular weight excluding hydrogens is 248 g/mol. The number of nitrogens with one attached hydrogen (secondary N) is 1.